The quantitative estimate of drug-likeness (QED) is 0.0321. The van der Waals surface area contributed by atoms with E-state index in [1.807, 2.05) is 0 Å². The van der Waals surface area contributed by atoms with Crippen LogP contribution in [0, 0.1) is 0 Å². The number of carbonyl (C=O) groups is 2. The fourth-order valence-corrected chi connectivity index (χ4v) is 8.20. The molecule has 0 aliphatic heterocycles. The van der Waals surface area contributed by atoms with Gasteiger partial charge in [-0.05, 0) is 89.9 Å². The predicted molar refractivity (Wildman–Crippen MR) is 273 cm³/mol. The number of unbranched alkanes of at least 4 members (excludes halogenated alkanes) is 29. The Bertz CT molecular complexity index is 1080. The molecule has 3 atom stereocenters. The molecule has 368 valence electrons. The standard InChI is InChI=1S/C57H105NO5/c1-4-7-10-13-16-19-22-25-27-28-30-32-35-38-41-44-47-50-57(62)63-53(48-45-42-39-36-33-31-29-26-23-20-17-14-11-8-5-2)51-56(61)58-54(52-59)55(60)49-46-43-40-37-34-24-21-18-15-12-9-6-3/h17,20,25-27,29,33,36,53-55,59-60H,4-16,18-19,21-24,28,30-32,34-35,37-52H2,1-3H3,(H,58,61)/b20-17-,27-25+,29-26-,36-33-. The molecule has 0 bridgehead atoms. The van der Waals surface area contributed by atoms with E-state index in [4.69, 9.17) is 4.74 Å². The zero-order chi connectivity index (χ0) is 45.9. The molecule has 0 saturated heterocycles. The Morgan fingerprint density at radius 2 is 0.810 bits per heavy atom. The zero-order valence-corrected chi connectivity index (χ0v) is 42.0. The lowest BCUT2D eigenvalue weighted by atomic mass is 10.0. The van der Waals surface area contributed by atoms with Crippen LogP contribution in [0.25, 0.3) is 0 Å². The van der Waals surface area contributed by atoms with Crippen LogP contribution < -0.4 is 5.32 Å². The van der Waals surface area contributed by atoms with Crippen LogP contribution in [0.4, 0.5) is 0 Å². The van der Waals surface area contributed by atoms with Gasteiger partial charge in [-0.15, -0.1) is 0 Å². The van der Waals surface area contributed by atoms with Gasteiger partial charge < -0.3 is 20.3 Å². The molecular formula is C57H105NO5. The monoisotopic (exact) mass is 884 g/mol. The fraction of sp³-hybridized carbons (Fsp3) is 0.825. The van der Waals surface area contributed by atoms with Crippen molar-refractivity contribution in [1.82, 2.24) is 5.32 Å². The maximum Gasteiger partial charge on any atom is 0.306 e. The van der Waals surface area contributed by atoms with Gasteiger partial charge in [0.1, 0.15) is 6.10 Å². The van der Waals surface area contributed by atoms with Gasteiger partial charge in [0, 0.05) is 6.42 Å². The second-order valence-electron chi connectivity index (χ2n) is 18.6. The van der Waals surface area contributed by atoms with Gasteiger partial charge in [-0.2, -0.15) is 0 Å². The van der Waals surface area contributed by atoms with Crippen molar-refractivity contribution in [3.8, 4) is 0 Å². The van der Waals surface area contributed by atoms with Gasteiger partial charge in [-0.1, -0.05) is 223 Å². The van der Waals surface area contributed by atoms with Crippen LogP contribution in [0.15, 0.2) is 48.6 Å². The van der Waals surface area contributed by atoms with Crippen LogP contribution in [0.1, 0.15) is 278 Å². The molecule has 1 amide bonds. The highest BCUT2D eigenvalue weighted by Gasteiger charge is 2.24. The summed E-state index contributed by atoms with van der Waals surface area (Å²) in [5.74, 6) is -0.509. The van der Waals surface area contributed by atoms with Crippen molar-refractivity contribution in [2.24, 2.45) is 0 Å². The van der Waals surface area contributed by atoms with E-state index in [0.29, 0.717) is 19.3 Å². The average molecular weight is 884 g/mol. The molecule has 0 aromatic rings. The van der Waals surface area contributed by atoms with Crippen molar-refractivity contribution in [3.63, 3.8) is 0 Å². The van der Waals surface area contributed by atoms with E-state index >= 15 is 0 Å². The summed E-state index contributed by atoms with van der Waals surface area (Å²) in [5, 5.41) is 23.8. The summed E-state index contributed by atoms with van der Waals surface area (Å²) in [7, 11) is 0. The van der Waals surface area contributed by atoms with E-state index < -0.39 is 18.2 Å². The highest BCUT2D eigenvalue weighted by molar-refractivity contribution is 5.77. The molecule has 0 fully saturated rings. The summed E-state index contributed by atoms with van der Waals surface area (Å²) in [4.78, 5) is 26.2. The van der Waals surface area contributed by atoms with E-state index in [9.17, 15) is 19.8 Å². The number of hydrogen-bond acceptors (Lipinski definition) is 5. The lowest BCUT2D eigenvalue weighted by Gasteiger charge is -2.24. The van der Waals surface area contributed by atoms with Crippen LogP contribution in [-0.4, -0.2) is 46.9 Å². The Labute approximate surface area is 391 Å². The van der Waals surface area contributed by atoms with Gasteiger partial charge in [-0.3, -0.25) is 9.59 Å². The number of rotatable bonds is 49. The number of esters is 1. The minimum Gasteiger partial charge on any atom is -0.462 e. The fourth-order valence-electron chi connectivity index (χ4n) is 8.20. The van der Waals surface area contributed by atoms with Crippen LogP contribution in [0.3, 0.4) is 0 Å². The normalized spacial score (nSPS) is 13.5. The van der Waals surface area contributed by atoms with Gasteiger partial charge in [-0.25, -0.2) is 0 Å². The first-order chi connectivity index (χ1) is 31.0. The molecule has 0 aromatic carbocycles. The van der Waals surface area contributed by atoms with E-state index in [2.05, 4.69) is 74.7 Å². The third-order valence-electron chi connectivity index (χ3n) is 12.4. The molecule has 6 nitrogen and oxygen atoms in total. The van der Waals surface area contributed by atoms with Crippen molar-refractivity contribution in [2.75, 3.05) is 6.61 Å². The molecule has 0 spiro atoms. The Hall–Kier alpha value is -2.18. The minimum atomic E-state index is -0.798. The second kappa shape index (κ2) is 50.8. The van der Waals surface area contributed by atoms with E-state index in [1.165, 1.54) is 161 Å². The molecule has 3 N–H and O–H groups in total. The van der Waals surface area contributed by atoms with Crippen molar-refractivity contribution in [3.05, 3.63) is 48.6 Å². The van der Waals surface area contributed by atoms with Crippen molar-refractivity contribution >= 4 is 11.9 Å². The Kier molecular flexibility index (Phi) is 49.1. The molecule has 3 unspecified atom stereocenters. The Morgan fingerprint density at radius 1 is 0.460 bits per heavy atom. The van der Waals surface area contributed by atoms with Gasteiger partial charge in [0.2, 0.25) is 5.91 Å². The molecule has 6 heteroatoms. The zero-order valence-electron chi connectivity index (χ0n) is 42.0. The Morgan fingerprint density at radius 3 is 1.29 bits per heavy atom. The van der Waals surface area contributed by atoms with Gasteiger partial charge in [0.15, 0.2) is 0 Å². The topological polar surface area (TPSA) is 95.9 Å². The van der Waals surface area contributed by atoms with E-state index in [0.717, 1.165) is 70.6 Å². The SMILES string of the molecule is CCCCC/C=C\C/C=C\C/C=C\CCCCC(CC(=O)NC(CO)C(O)CCCCCCCCCCCCCC)OC(=O)CCCCCCCCC/C=C/CCCCCCCC. The molecule has 0 aromatic heterocycles. The number of allylic oxidation sites excluding steroid dienone is 8. The van der Waals surface area contributed by atoms with E-state index in [1.54, 1.807) is 0 Å². The first kappa shape index (κ1) is 60.8. The summed E-state index contributed by atoms with van der Waals surface area (Å²) in [6.07, 6.45) is 61.7. The number of amides is 1. The first-order valence-electron chi connectivity index (χ1n) is 27.4. The lowest BCUT2D eigenvalue weighted by molar-refractivity contribution is -0.151. The number of nitrogens with one attached hydrogen (secondary N) is 1. The summed E-state index contributed by atoms with van der Waals surface area (Å²) in [5.41, 5.74) is 0. The number of carbonyl (C=O) groups excluding carboxylic acids is 2. The molecule has 0 heterocycles. The predicted octanol–water partition coefficient (Wildman–Crippen LogP) is 16.6. The molecule has 0 aliphatic rings. The largest absolute Gasteiger partial charge is 0.462 e. The summed E-state index contributed by atoms with van der Waals surface area (Å²) in [6, 6.07) is -0.714. The van der Waals surface area contributed by atoms with Gasteiger partial charge in [0.05, 0.1) is 25.2 Å². The number of ether oxygens (including phenoxy) is 1. The number of hydrogen-bond donors (Lipinski definition) is 3. The summed E-state index contributed by atoms with van der Waals surface area (Å²) in [6.45, 7) is 6.45. The third-order valence-corrected chi connectivity index (χ3v) is 12.4. The maximum absolute atomic E-state index is 13.2. The number of aliphatic hydroxyl groups is 2. The van der Waals surface area contributed by atoms with Crippen LogP contribution in [0.2, 0.25) is 0 Å². The second-order valence-corrected chi connectivity index (χ2v) is 18.6. The minimum absolute atomic E-state index is 0.0511. The third kappa shape index (κ3) is 46.2. The first-order valence-corrected chi connectivity index (χ1v) is 27.4. The van der Waals surface area contributed by atoms with Gasteiger partial charge >= 0.3 is 5.97 Å². The highest BCUT2D eigenvalue weighted by Crippen LogP contribution is 2.17. The number of aliphatic hydroxyl groups excluding tert-OH is 2. The summed E-state index contributed by atoms with van der Waals surface area (Å²) >= 11 is 0. The Balaban J connectivity index is 4.62. The van der Waals surface area contributed by atoms with Crippen LogP contribution in [-0.2, 0) is 14.3 Å². The molecule has 63 heavy (non-hydrogen) atoms. The molecule has 0 rings (SSSR count). The molecular weight excluding hydrogens is 779 g/mol. The summed E-state index contributed by atoms with van der Waals surface area (Å²) < 4.78 is 5.93. The molecule has 0 aliphatic carbocycles. The maximum atomic E-state index is 13.2. The lowest BCUT2D eigenvalue weighted by Crippen LogP contribution is -2.46. The van der Waals surface area contributed by atoms with Crippen molar-refractivity contribution in [2.45, 2.75) is 296 Å². The smallest absolute Gasteiger partial charge is 0.306 e. The van der Waals surface area contributed by atoms with Gasteiger partial charge in [0.25, 0.3) is 0 Å². The van der Waals surface area contributed by atoms with E-state index in [-0.39, 0.29) is 24.9 Å². The van der Waals surface area contributed by atoms with Crippen LogP contribution in [0.5, 0.6) is 0 Å². The average Bonchev–Trinajstić information content (AvgIpc) is 3.28. The molecule has 0 saturated carbocycles. The highest BCUT2D eigenvalue weighted by atomic mass is 16.5. The van der Waals surface area contributed by atoms with Crippen molar-refractivity contribution < 1.29 is 24.5 Å². The van der Waals surface area contributed by atoms with Crippen molar-refractivity contribution in [1.29, 1.82) is 0 Å². The molecule has 0 radical (unpaired) electrons. The van der Waals surface area contributed by atoms with Crippen LogP contribution >= 0.6 is 0 Å².